The molecule has 6 heteroatoms. The van der Waals surface area contributed by atoms with Crippen LogP contribution in [0.2, 0.25) is 0 Å². The molecule has 0 spiro atoms. The van der Waals surface area contributed by atoms with Crippen LogP contribution in [0.5, 0.6) is 0 Å². The molecule has 0 saturated heterocycles. The molecule has 16 heavy (non-hydrogen) atoms. The summed E-state index contributed by atoms with van der Waals surface area (Å²) in [5.74, 6) is 1.60. The molecule has 0 aliphatic carbocycles. The first-order chi connectivity index (χ1) is 7.74. The van der Waals surface area contributed by atoms with Crippen molar-refractivity contribution in [1.82, 2.24) is 15.3 Å². The number of rotatable bonds is 3. The normalized spacial score (nSPS) is 10.3. The summed E-state index contributed by atoms with van der Waals surface area (Å²) in [5, 5.41) is 16.5. The van der Waals surface area contributed by atoms with E-state index in [0.29, 0.717) is 41.6 Å². The predicted octanol–water partition coefficient (Wildman–Crippen LogP) is 1.39. The van der Waals surface area contributed by atoms with Crippen LogP contribution in [-0.4, -0.2) is 15.3 Å². The summed E-state index contributed by atoms with van der Waals surface area (Å²) in [5.41, 5.74) is 0.975. The molecule has 2 rings (SSSR count). The Morgan fingerprint density at radius 3 is 2.75 bits per heavy atom. The van der Waals surface area contributed by atoms with Gasteiger partial charge in [0.15, 0.2) is 11.6 Å². The zero-order valence-corrected chi connectivity index (χ0v) is 9.02. The summed E-state index contributed by atoms with van der Waals surface area (Å²) in [6, 6.07) is 2.04. The molecule has 2 aromatic rings. The Hall–Kier alpha value is -2.16. The lowest BCUT2D eigenvalue weighted by Crippen LogP contribution is -1.92. The fourth-order valence-corrected chi connectivity index (χ4v) is 1.33. The lowest BCUT2D eigenvalue weighted by Gasteiger charge is -1.88. The molecule has 0 saturated carbocycles. The predicted molar refractivity (Wildman–Crippen MR) is 52.4 cm³/mol. The van der Waals surface area contributed by atoms with Crippen LogP contribution in [0.25, 0.3) is 0 Å². The lowest BCUT2D eigenvalue weighted by molar-refractivity contribution is 0.368. The molecule has 2 aromatic heterocycles. The molecule has 0 aliphatic heterocycles. The van der Waals surface area contributed by atoms with Gasteiger partial charge < -0.3 is 9.05 Å². The molecule has 82 valence electrons. The maximum absolute atomic E-state index is 8.90. The van der Waals surface area contributed by atoms with Crippen molar-refractivity contribution in [2.24, 2.45) is 0 Å². The van der Waals surface area contributed by atoms with Gasteiger partial charge in [0, 0.05) is 6.42 Å². The summed E-state index contributed by atoms with van der Waals surface area (Å²) < 4.78 is 9.95. The third kappa shape index (κ3) is 1.80. The average molecular weight is 218 g/mol. The number of hydrogen-bond acceptors (Lipinski definition) is 6. The van der Waals surface area contributed by atoms with Crippen molar-refractivity contribution in [1.29, 1.82) is 5.26 Å². The summed E-state index contributed by atoms with van der Waals surface area (Å²) in [4.78, 5) is 4.14. The Bertz CT molecular complexity index is 535. The molecular weight excluding hydrogens is 208 g/mol. The van der Waals surface area contributed by atoms with Gasteiger partial charge in [-0.3, -0.25) is 0 Å². The van der Waals surface area contributed by atoms with E-state index in [1.54, 1.807) is 6.92 Å². The highest BCUT2D eigenvalue weighted by Crippen LogP contribution is 2.15. The van der Waals surface area contributed by atoms with Gasteiger partial charge in [-0.1, -0.05) is 17.2 Å². The molecular formula is C10H10N4O2. The first-order valence-electron chi connectivity index (χ1n) is 4.91. The quantitative estimate of drug-likeness (QED) is 0.773. The van der Waals surface area contributed by atoms with E-state index in [4.69, 9.17) is 14.3 Å². The summed E-state index contributed by atoms with van der Waals surface area (Å²) in [6.45, 7) is 3.63. The largest absolute Gasteiger partial charge is 0.360 e. The average Bonchev–Trinajstić information content (AvgIpc) is 2.86. The summed E-state index contributed by atoms with van der Waals surface area (Å²) in [7, 11) is 0. The third-order valence-corrected chi connectivity index (χ3v) is 2.19. The molecule has 0 aliphatic rings. The lowest BCUT2D eigenvalue weighted by atomic mass is 10.2. The van der Waals surface area contributed by atoms with E-state index in [0.717, 1.165) is 0 Å². The van der Waals surface area contributed by atoms with Crippen LogP contribution < -0.4 is 0 Å². The highest BCUT2D eigenvalue weighted by Gasteiger charge is 2.15. The standard InChI is InChI=1S/C10H10N4O2/c1-3-9-12-10(16-14-9)4-8-7(5-11)6(2)15-13-8/h3-4H2,1-2H3. The van der Waals surface area contributed by atoms with Gasteiger partial charge >= 0.3 is 0 Å². The smallest absolute Gasteiger partial charge is 0.232 e. The van der Waals surface area contributed by atoms with Crippen LogP contribution in [0.1, 0.15) is 35.7 Å². The van der Waals surface area contributed by atoms with E-state index in [9.17, 15) is 0 Å². The molecule has 0 bridgehead atoms. The minimum atomic E-state index is 0.327. The highest BCUT2D eigenvalue weighted by atomic mass is 16.5. The third-order valence-electron chi connectivity index (χ3n) is 2.19. The molecule has 0 N–H and O–H groups in total. The molecule has 0 radical (unpaired) electrons. The van der Waals surface area contributed by atoms with Crippen LogP contribution in [-0.2, 0) is 12.8 Å². The molecule has 0 fully saturated rings. The Kier molecular flexibility index (Phi) is 2.68. The first kappa shape index (κ1) is 10.4. The Morgan fingerprint density at radius 1 is 1.31 bits per heavy atom. The van der Waals surface area contributed by atoms with Crippen molar-refractivity contribution in [3.8, 4) is 6.07 Å². The van der Waals surface area contributed by atoms with E-state index in [1.807, 2.05) is 13.0 Å². The van der Waals surface area contributed by atoms with Gasteiger partial charge in [-0.25, -0.2) is 0 Å². The van der Waals surface area contributed by atoms with E-state index in [1.165, 1.54) is 0 Å². The Labute approximate surface area is 91.9 Å². The molecule has 0 unspecified atom stereocenters. The highest BCUT2D eigenvalue weighted by molar-refractivity contribution is 5.36. The van der Waals surface area contributed by atoms with E-state index in [-0.39, 0.29) is 0 Å². The molecule has 0 aromatic carbocycles. The van der Waals surface area contributed by atoms with Gasteiger partial charge in [-0.2, -0.15) is 10.2 Å². The van der Waals surface area contributed by atoms with Gasteiger partial charge in [0.05, 0.1) is 6.42 Å². The molecule has 6 nitrogen and oxygen atoms in total. The van der Waals surface area contributed by atoms with Crippen LogP contribution in [0.3, 0.4) is 0 Å². The van der Waals surface area contributed by atoms with Crippen LogP contribution >= 0.6 is 0 Å². The van der Waals surface area contributed by atoms with Gasteiger partial charge in [0.2, 0.25) is 5.89 Å². The van der Waals surface area contributed by atoms with Crippen molar-refractivity contribution in [2.75, 3.05) is 0 Å². The van der Waals surface area contributed by atoms with Crippen LogP contribution in [0, 0.1) is 18.3 Å². The zero-order chi connectivity index (χ0) is 11.5. The van der Waals surface area contributed by atoms with Crippen LogP contribution in [0.4, 0.5) is 0 Å². The van der Waals surface area contributed by atoms with Crippen LogP contribution in [0.15, 0.2) is 9.05 Å². The second kappa shape index (κ2) is 4.14. The van der Waals surface area contributed by atoms with E-state index >= 15 is 0 Å². The molecule has 2 heterocycles. The fraction of sp³-hybridized carbons (Fsp3) is 0.400. The number of aromatic nitrogens is 3. The SMILES string of the molecule is CCc1noc(Cc2noc(C)c2C#N)n1. The van der Waals surface area contributed by atoms with Gasteiger partial charge in [0.25, 0.3) is 0 Å². The van der Waals surface area contributed by atoms with Crippen molar-refractivity contribution in [3.63, 3.8) is 0 Å². The van der Waals surface area contributed by atoms with Crippen molar-refractivity contribution >= 4 is 0 Å². The summed E-state index contributed by atoms with van der Waals surface area (Å²) >= 11 is 0. The van der Waals surface area contributed by atoms with Gasteiger partial charge in [0.1, 0.15) is 17.3 Å². The number of nitrogens with zero attached hydrogens (tertiary/aromatic N) is 4. The second-order valence-corrected chi connectivity index (χ2v) is 3.31. The minimum absolute atomic E-state index is 0.327. The molecule has 0 amide bonds. The Balaban J connectivity index is 2.24. The van der Waals surface area contributed by atoms with Crippen molar-refractivity contribution < 1.29 is 9.05 Å². The van der Waals surface area contributed by atoms with E-state index < -0.39 is 0 Å². The van der Waals surface area contributed by atoms with Gasteiger partial charge in [-0.05, 0) is 6.92 Å². The number of aryl methyl sites for hydroxylation is 2. The van der Waals surface area contributed by atoms with Crippen molar-refractivity contribution in [2.45, 2.75) is 26.7 Å². The maximum atomic E-state index is 8.90. The minimum Gasteiger partial charge on any atom is -0.360 e. The summed E-state index contributed by atoms with van der Waals surface area (Å²) in [6.07, 6.45) is 1.04. The zero-order valence-electron chi connectivity index (χ0n) is 9.02. The second-order valence-electron chi connectivity index (χ2n) is 3.31. The van der Waals surface area contributed by atoms with Gasteiger partial charge in [-0.15, -0.1) is 0 Å². The monoisotopic (exact) mass is 218 g/mol. The maximum Gasteiger partial charge on any atom is 0.232 e. The number of hydrogen-bond donors (Lipinski definition) is 0. The van der Waals surface area contributed by atoms with Crippen molar-refractivity contribution in [3.05, 3.63) is 28.7 Å². The van der Waals surface area contributed by atoms with E-state index in [2.05, 4.69) is 15.3 Å². The topological polar surface area (TPSA) is 88.7 Å². The first-order valence-corrected chi connectivity index (χ1v) is 4.91. The number of nitriles is 1. The molecule has 0 atom stereocenters. The fourth-order valence-electron chi connectivity index (χ4n) is 1.33. The Morgan fingerprint density at radius 2 is 2.12 bits per heavy atom.